The fourth-order valence-corrected chi connectivity index (χ4v) is 1.96. The summed E-state index contributed by atoms with van der Waals surface area (Å²) in [7, 11) is 0. The molecule has 1 N–H and O–H groups in total. The molecule has 2 heterocycles. The van der Waals surface area contributed by atoms with Crippen LogP contribution in [0.5, 0.6) is 0 Å². The summed E-state index contributed by atoms with van der Waals surface area (Å²) in [4.78, 5) is 7.08. The molecule has 2 aromatic rings. The van der Waals surface area contributed by atoms with Crippen LogP contribution in [0.25, 0.3) is 5.69 Å². The molecule has 0 bridgehead atoms. The fourth-order valence-electron chi connectivity index (χ4n) is 1.30. The first-order valence-electron chi connectivity index (χ1n) is 4.06. The number of rotatable bonds is 1. The van der Waals surface area contributed by atoms with Crippen LogP contribution >= 0.6 is 28.1 Å². The molecule has 0 aliphatic carbocycles. The second-order valence-electron chi connectivity index (χ2n) is 2.93. The highest BCUT2D eigenvalue weighted by atomic mass is 79.9. The molecule has 0 spiro atoms. The van der Waals surface area contributed by atoms with Gasteiger partial charge in [0.05, 0.1) is 11.9 Å². The summed E-state index contributed by atoms with van der Waals surface area (Å²) < 4.78 is 3.56. The number of aromatic amines is 1. The summed E-state index contributed by atoms with van der Waals surface area (Å²) in [6.45, 7) is 1.99. The van der Waals surface area contributed by atoms with Gasteiger partial charge in [-0.05, 0) is 41.1 Å². The van der Waals surface area contributed by atoms with E-state index >= 15 is 0 Å². The first-order valence-corrected chi connectivity index (χ1v) is 5.26. The van der Waals surface area contributed by atoms with Crippen molar-refractivity contribution < 1.29 is 0 Å². The number of nitrogens with one attached hydrogen (secondary N) is 1. The predicted octanol–water partition coefficient (Wildman–Crippen LogP) is 3.00. The van der Waals surface area contributed by atoms with Gasteiger partial charge in [0, 0.05) is 22.6 Å². The third-order valence-electron chi connectivity index (χ3n) is 1.91. The Kier molecular flexibility index (Phi) is 2.52. The highest BCUT2D eigenvalue weighted by Gasteiger charge is 2.02. The van der Waals surface area contributed by atoms with Crippen molar-refractivity contribution in [3.63, 3.8) is 0 Å². The zero-order valence-electron chi connectivity index (χ0n) is 7.49. The normalized spacial score (nSPS) is 10.4. The van der Waals surface area contributed by atoms with Gasteiger partial charge in [0.1, 0.15) is 0 Å². The average Bonchev–Trinajstić information content (AvgIpc) is 2.46. The van der Waals surface area contributed by atoms with Crippen LogP contribution < -0.4 is 0 Å². The molecular formula is C9H8BrN3S. The van der Waals surface area contributed by atoms with Gasteiger partial charge >= 0.3 is 0 Å². The third kappa shape index (κ3) is 1.65. The lowest BCUT2D eigenvalue weighted by Gasteiger charge is -2.04. The Morgan fingerprint density at radius 1 is 1.50 bits per heavy atom. The summed E-state index contributed by atoms with van der Waals surface area (Å²) in [6, 6.07) is 1.98. The SMILES string of the molecule is Cc1c[nH]c(=S)n1-c1cncc(Br)c1. The van der Waals surface area contributed by atoms with Crippen molar-refractivity contribution in [2.75, 3.05) is 0 Å². The Balaban J connectivity index is 2.66. The zero-order chi connectivity index (χ0) is 10.1. The zero-order valence-corrected chi connectivity index (χ0v) is 9.89. The molecule has 2 rings (SSSR count). The molecule has 0 saturated heterocycles. The van der Waals surface area contributed by atoms with Gasteiger partial charge in [0.2, 0.25) is 0 Å². The van der Waals surface area contributed by atoms with Gasteiger partial charge in [-0.1, -0.05) is 0 Å². The van der Waals surface area contributed by atoms with Gasteiger partial charge in [0.15, 0.2) is 4.77 Å². The molecule has 2 aromatic heterocycles. The second kappa shape index (κ2) is 3.67. The van der Waals surface area contributed by atoms with Crippen LogP contribution in [0.3, 0.4) is 0 Å². The topological polar surface area (TPSA) is 33.6 Å². The molecule has 14 heavy (non-hydrogen) atoms. The van der Waals surface area contributed by atoms with Gasteiger partial charge < -0.3 is 4.98 Å². The minimum atomic E-state index is 0.683. The molecule has 0 aromatic carbocycles. The minimum absolute atomic E-state index is 0.683. The molecule has 0 amide bonds. The van der Waals surface area contributed by atoms with Crippen molar-refractivity contribution in [1.82, 2.24) is 14.5 Å². The van der Waals surface area contributed by atoms with Crippen molar-refractivity contribution in [2.45, 2.75) is 6.92 Å². The Morgan fingerprint density at radius 3 is 2.86 bits per heavy atom. The maximum Gasteiger partial charge on any atom is 0.182 e. The quantitative estimate of drug-likeness (QED) is 0.808. The highest BCUT2D eigenvalue weighted by Crippen LogP contribution is 2.15. The Labute approximate surface area is 94.9 Å². The number of pyridine rings is 1. The number of nitrogens with zero attached hydrogens (tertiary/aromatic N) is 2. The maximum atomic E-state index is 5.16. The van der Waals surface area contributed by atoms with Crippen LogP contribution in [0.15, 0.2) is 29.1 Å². The molecule has 0 saturated carbocycles. The Morgan fingerprint density at radius 2 is 2.29 bits per heavy atom. The van der Waals surface area contributed by atoms with Gasteiger partial charge in [-0.15, -0.1) is 0 Å². The summed E-state index contributed by atoms with van der Waals surface area (Å²) in [5.74, 6) is 0. The monoisotopic (exact) mass is 269 g/mol. The summed E-state index contributed by atoms with van der Waals surface area (Å²) in [5, 5.41) is 0. The van der Waals surface area contributed by atoms with Crippen molar-refractivity contribution in [1.29, 1.82) is 0 Å². The minimum Gasteiger partial charge on any atom is -0.337 e. The number of H-pyrrole nitrogens is 1. The summed E-state index contributed by atoms with van der Waals surface area (Å²) >= 11 is 8.54. The Bertz CT molecular complexity index is 515. The number of hydrogen-bond acceptors (Lipinski definition) is 2. The van der Waals surface area contributed by atoms with Crippen LogP contribution in [0.2, 0.25) is 0 Å². The first kappa shape index (κ1) is 9.61. The van der Waals surface area contributed by atoms with Gasteiger partial charge in [-0.2, -0.15) is 0 Å². The van der Waals surface area contributed by atoms with Crippen LogP contribution in [-0.2, 0) is 0 Å². The number of hydrogen-bond donors (Lipinski definition) is 1. The van der Waals surface area contributed by atoms with E-state index in [1.807, 2.05) is 23.8 Å². The van der Waals surface area contributed by atoms with E-state index in [9.17, 15) is 0 Å². The lowest BCUT2D eigenvalue weighted by Crippen LogP contribution is -1.96. The van der Waals surface area contributed by atoms with Crippen molar-refractivity contribution >= 4 is 28.1 Å². The van der Waals surface area contributed by atoms with Crippen molar-refractivity contribution in [3.05, 3.63) is 39.6 Å². The van der Waals surface area contributed by atoms with E-state index in [2.05, 4.69) is 25.9 Å². The first-order chi connectivity index (χ1) is 6.68. The van der Waals surface area contributed by atoms with E-state index < -0.39 is 0 Å². The summed E-state index contributed by atoms with van der Waals surface area (Å²) in [6.07, 6.45) is 5.40. The standard InChI is InChI=1S/C9H8BrN3S/c1-6-3-12-9(14)13(6)8-2-7(10)4-11-5-8/h2-5H,1H3,(H,12,14). The molecule has 0 aliphatic rings. The number of imidazole rings is 1. The second-order valence-corrected chi connectivity index (χ2v) is 4.23. The molecule has 0 fully saturated rings. The lowest BCUT2D eigenvalue weighted by molar-refractivity contribution is 0.971. The van der Waals surface area contributed by atoms with Crippen LogP contribution in [0.4, 0.5) is 0 Å². The molecule has 72 valence electrons. The van der Waals surface area contributed by atoms with Gasteiger partial charge in [-0.3, -0.25) is 9.55 Å². The third-order valence-corrected chi connectivity index (χ3v) is 2.64. The molecule has 0 unspecified atom stereocenters. The number of aryl methyl sites for hydroxylation is 1. The lowest BCUT2D eigenvalue weighted by atomic mass is 10.4. The molecular weight excluding hydrogens is 262 g/mol. The van der Waals surface area contributed by atoms with E-state index in [-0.39, 0.29) is 0 Å². The van der Waals surface area contributed by atoms with E-state index in [0.717, 1.165) is 15.9 Å². The average molecular weight is 270 g/mol. The van der Waals surface area contributed by atoms with Crippen LogP contribution in [0.1, 0.15) is 5.69 Å². The van der Waals surface area contributed by atoms with Crippen molar-refractivity contribution in [3.8, 4) is 5.69 Å². The Hall–Kier alpha value is -0.940. The van der Waals surface area contributed by atoms with Crippen LogP contribution in [0, 0.1) is 11.7 Å². The number of aromatic nitrogens is 3. The van der Waals surface area contributed by atoms with Crippen molar-refractivity contribution in [2.24, 2.45) is 0 Å². The fraction of sp³-hybridized carbons (Fsp3) is 0.111. The predicted molar refractivity (Wildman–Crippen MR) is 61.2 cm³/mol. The maximum absolute atomic E-state index is 5.16. The highest BCUT2D eigenvalue weighted by molar-refractivity contribution is 9.10. The molecule has 5 heteroatoms. The molecule has 0 radical (unpaired) electrons. The number of halogens is 1. The van der Waals surface area contributed by atoms with Gasteiger partial charge in [-0.25, -0.2) is 0 Å². The van der Waals surface area contributed by atoms with E-state index in [4.69, 9.17) is 12.2 Å². The van der Waals surface area contributed by atoms with Crippen LogP contribution in [-0.4, -0.2) is 14.5 Å². The van der Waals surface area contributed by atoms with Gasteiger partial charge in [0.25, 0.3) is 0 Å². The molecule has 0 atom stereocenters. The van der Waals surface area contributed by atoms with E-state index in [1.165, 1.54) is 0 Å². The molecule has 0 aliphatic heterocycles. The van der Waals surface area contributed by atoms with E-state index in [1.54, 1.807) is 12.4 Å². The van der Waals surface area contributed by atoms with E-state index in [0.29, 0.717) is 4.77 Å². The summed E-state index contributed by atoms with van der Waals surface area (Å²) in [5.41, 5.74) is 2.03. The largest absolute Gasteiger partial charge is 0.337 e. The molecule has 3 nitrogen and oxygen atoms in total. The smallest absolute Gasteiger partial charge is 0.182 e.